The molecule has 3 N–H and O–H groups in total. The number of ketones is 1. The molecule has 6 heteroatoms. The predicted octanol–water partition coefficient (Wildman–Crippen LogP) is 2.18. The first-order valence-corrected chi connectivity index (χ1v) is 8.88. The summed E-state index contributed by atoms with van der Waals surface area (Å²) in [6, 6.07) is 0. The van der Waals surface area contributed by atoms with Crippen molar-refractivity contribution in [3.63, 3.8) is 0 Å². The third-order valence-corrected chi connectivity index (χ3v) is 4.09. The molecule has 132 valence electrons. The lowest BCUT2D eigenvalue weighted by atomic mass is 10.00. The van der Waals surface area contributed by atoms with Gasteiger partial charge in [0.1, 0.15) is 12.7 Å². The molecule has 0 saturated heterocycles. The second-order valence-electron chi connectivity index (χ2n) is 6.78. The normalized spacial score (nSPS) is 21.4. The Hall–Kier alpha value is -1.11. The number of carbonyl (C=O) groups excluding carboxylic acids is 1. The van der Waals surface area contributed by atoms with E-state index in [9.17, 15) is 4.79 Å². The van der Waals surface area contributed by atoms with E-state index >= 15 is 0 Å². The van der Waals surface area contributed by atoms with Gasteiger partial charge in [0.2, 0.25) is 0 Å². The highest BCUT2D eigenvalue weighted by atomic mass is 16.5. The number of hydrogen-bond acceptors (Lipinski definition) is 6. The van der Waals surface area contributed by atoms with E-state index in [0.29, 0.717) is 18.9 Å². The molecular weight excluding hydrogens is 294 g/mol. The van der Waals surface area contributed by atoms with Crippen LogP contribution >= 0.6 is 0 Å². The molecule has 0 amide bonds. The molecule has 1 aliphatic carbocycles. The lowest BCUT2D eigenvalue weighted by Gasteiger charge is -2.21. The smallest absolute Gasteiger partial charge is 0.158 e. The fourth-order valence-corrected chi connectivity index (χ4v) is 2.86. The van der Waals surface area contributed by atoms with Gasteiger partial charge in [-0.1, -0.05) is 26.7 Å². The first-order chi connectivity index (χ1) is 11.2. The highest BCUT2D eigenvalue weighted by Gasteiger charge is 2.25. The van der Waals surface area contributed by atoms with E-state index in [1.165, 1.54) is 18.5 Å². The van der Waals surface area contributed by atoms with Crippen molar-refractivity contribution in [1.82, 2.24) is 16.4 Å². The summed E-state index contributed by atoms with van der Waals surface area (Å²) in [4.78, 5) is 12.0. The van der Waals surface area contributed by atoms with Crippen LogP contribution in [0.3, 0.4) is 0 Å². The quantitative estimate of drug-likeness (QED) is 0.565. The molecule has 6 nitrogen and oxygen atoms in total. The second-order valence-corrected chi connectivity index (χ2v) is 6.78. The fourth-order valence-electron chi connectivity index (χ4n) is 2.86. The van der Waals surface area contributed by atoms with Crippen LogP contribution in [0, 0.1) is 5.92 Å². The molecule has 0 fully saturated rings. The SMILES string of the molecule is CC(C)COCCCC(=O)COC1CCCCCC2=C1NNN2. The molecule has 0 radical (unpaired) electrons. The Kier molecular flexibility index (Phi) is 7.85. The average molecular weight is 325 g/mol. The standard InChI is InChI=1S/C17H31N3O3/c1-13(2)11-22-10-6-7-14(21)12-23-16-9-5-3-4-8-15-17(16)19-20-18-15/h13,16,18-20H,3-12H2,1-2H3. The van der Waals surface area contributed by atoms with E-state index in [4.69, 9.17) is 9.47 Å². The predicted molar refractivity (Wildman–Crippen MR) is 89.2 cm³/mol. The number of hydrogen-bond donors (Lipinski definition) is 3. The van der Waals surface area contributed by atoms with Crippen LogP contribution in [-0.2, 0) is 14.3 Å². The van der Waals surface area contributed by atoms with Crippen molar-refractivity contribution < 1.29 is 14.3 Å². The molecular formula is C17H31N3O3. The molecule has 1 atom stereocenters. The van der Waals surface area contributed by atoms with Crippen LogP contribution in [0.4, 0.5) is 0 Å². The van der Waals surface area contributed by atoms with Crippen LogP contribution in [0.15, 0.2) is 11.4 Å². The number of rotatable bonds is 9. The van der Waals surface area contributed by atoms with Gasteiger partial charge in [-0.2, -0.15) is 5.53 Å². The minimum absolute atomic E-state index is 0.0195. The van der Waals surface area contributed by atoms with E-state index in [-0.39, 0.29) is 18.5 Å². The van der Waals surface area contributed by atoms with Crippen molar-refractivity contribution in [2.75, 3.05) is 19.8 Å². The third-order valence-electron chi connectivity index (χ3n) is 4.09. The minimum Gasteiger partial charge on any atom is -0.381 e. The van der Waals surface area contributed by atoms with Crippen molar-refractivity contribution in [3.05, 3.63) is 11.4 Å². The third kappa shape index (κ3) is 6.49. The molecule has 2 rings (SSSR count). The van der Waals surface area contributed by atoms with Gasteiger partial charge in [0.25, 0.3) is 0 Å². The second kappa shape index (κ2) is 9.90. The monoisotopic (exact) mass is 325 g/mol. The van der Waals surface area contributed by atoms with Crippen molar-refractivity contribution in [2.24, 2.45) is 5.92 Å². The summed E-state index contributed by atoms with van der Waals surface area (Å²) in [6.45, 7) is 5.84. The molecule has 0 aromatic carbocycles. The highest BCUT2D eigenvalue weighted by molar-refractivity contribution is 5.79. The average Bonchev–Trinajstić information content (AvgIpc) is 2.94. The minimum atomic E-state index is -0.0195. The van der Waals surface area contributed by atoms with Crippen molar-refractivity contribution >= 4 is 5.78 Å². The Bertz CT molecular complexity index is 410. The van der Waals surface area contributed by atoms with E-state index in [0.717, 1.165) is 38.0 Å². The summed E-state index contributed by atoms with van der Waals surface area (Å²) in [5.74, 6) is 0.693. The summed E-state index contributed by atoms with van der Waals surface area (Å²) in [6.07, 6.45) is 6.80. The van der Waals surface area contributed by atoms with Gasteiger partial charge in [-0.25, -0.2) is 0 Å². The van der Waals surface area contributed by atoms with Gasteiger partial charge in [0, 0.05) is 19.6 Å². The molecule has 0 bridgehead atoms. The van der Waals surface area contributed by atoms with Gasteiger partial charge in [0.05, 0.1) is 11.4 Å². The lowest BCUT2D eigenvalue weighted by molar-refractivity contribution is -0.125. The molecule has 0 spiro atoms. The van der Waals surface area contributed by atoms with E-state index in [1.54, 1.807) is 0 Å². The molecule has 23 heavy (non-hydrogen) atoms. The van der Waals surface area contributed by atoms with E-state index in [1.807, 2.05) is 0 Å². The Labute approximate surface area is 139 Å². The zero-order valence-corrected chi connectivity index (χ0v) is 14.5. The molecule has 1 aliphatic heterocycles. The zero-order chi connectivity index (χ0) is 16.5. The van der Waals surface area contributed by atoms with Crippen LogP contribution < -0.4 is 16.4 Å². The Morgan fingerprint density at radius 3 is 2.96 bits per heavy atom. The maximum absolute atomic E-state index is 12.0. The van der Waals surface area contributed by atoms with Gasteiger partial charge in [-0.3, -0.25) is 4.79 Å². The number of hydrazine groups is 2. The number of carbonyl (C=O) groups is 1. The summed E-state index contributed by atoms with van der Waals surface area (Å²) < 4.78 is 11.4. The van der Waals surface area contributed by atoms with Gasteiger partial charge >= 0.3 is 0 Å². The lowest BCUT2D eigenvalue weighted by Crippen LogP contribution is -2.35. The van der Waals surface area contributed by atoms with E-state index in [2.05, 4.69) is 30.2 Å². The number of allylic oxidation sites excluding steroid dienone is 1. The van der Waals surface area contributed by atoms with Crippen LogP contribution in [-0.4, -0.2) is 31.7 Å². The first kappa shape index (κ1) is 18.2. The van der Waals surface area contributed by atoms with Crippen LogP contribution in [0.1, 0.15) is 58.8 Å². The molecule has 0 aromatic heterocycles. The van der Waals surface area contributed by atoms with Gasteiger partial charge in [-0.05, 0) is 31.6 Å². The Balaban J connectivity index is 1.68. The van der Waals surface area contributed by atoms with Gasteiger partial charge in [-0.15, -0.1) is 0 Å². The molecule has 1 unspecified atom stereocenters. The topological polar surface area (TPSA) is 71.6 Å². The molecule has 0 aromatic rings. The number of nitrogens with one attached hydrogen (secondary N) is 3. The van der Waals surface area contributed by atoms with Crippen molar-refractivity contribution in [1.29, 1.82) is 0 Å². The zero-order valence-electron chi connectivity index (χ0n) is 14.5. The first-order valence-electron chi connectivity index (χ1n) is 8.88. The van der Waals surface area contributed by atoms with Crippen LogP contribution in [0.25, 0.3) is 0 Å². The molecule has 2 aliphatic rings. The van der Waals surface area contributed by atoms with Crippen LogP contribution in [0.2, 0.25) is 0 Å². The Morgan fingerprint density at radius 1 is 1.26 bits per heavy atom. The van der Waals surface area contributed by atoms with Gasteiger partial charge in [0.15, 0.2) is 5.78 Å². The summed E-state index contributed by atoms with van der Waals surface area (Å²) in [5, 5.41) is 0. The maximum atomic E-state index is 12.0. The van der Waals surface area contributed by atoms with Crippen molar-refractivity contribution in [2.45, 2.75) is 64.9 Å². The van der Waals surface area contributed by atoms with Crippen LogP contribution in [0.5, 0.6) is 0 Å². The van der Waals surface area contributed by atoms with Crippen molar-refractivity contribution in [3.8, 4) is 0 Å². The maximum Gasteiger partial charge on any atom is 0.158 e. The number of ether oxygens (including phenoxy) is 2. The molecule has 1 heterocycles. The Morgan fingerprint density at radius 2 is 2.13 bits per heavy atom. The summed E-state index contributed by atoms with van der Waals surface area (Å²) >= 11 is 0. The summed E-state index contributed by atoms with van der Waals surface area (Å²) in [5.41, 5.74) is 11.4. The molecule has 0 saturated carbocycles. The number of Topliss-reactive ketones (excluding diaryl/α,β-unsaturated/α-hetero) is 1. The largest absolute Gasteiger partial charge is 0.381 e. The fraction of sp³-hybridized carbons (Fsp3) is 0.824. The van der Waals surface area contributed by atoms with Gasteiger partial charge < -0.3 is 20.3 Å². The highest BCUT2D eigenvalue weighted by Crippen LogP contribution is 2.23. The van der Waals surface area contributed by atoms with E-state index < -0.39 is 0 Å². The summed E-state index contributed by atoms with van der Waals surface area (Å²) in [7, 11) is 0.